The molecule has 2 N–H and O–H groups in total. The number of hydrogen-bond donors (Lipinski definition) is 2. The van der Waals surface area contributed by atoms with Gasteiger partial charge in [0, 0.05) is 19.9 Å². The second-order valence-corrected chi connectivity index (χ2v) is 3.51. The first-order valence-corrected chi connectivity index (χ1v) is 5.49. The van der Waals surface area contributed by atoms with Crippen molar-refractivity contribution in [1.82, 2.24) is 20.8 Å². The third-order valence-electron chi connectivity index (χ3n) is 1.95. The molecule has 16 heavy (non-hydrogen) atoms. The van der Waals surface area contributed by atoms with Gasteiger partial charge in [-0.15, -0.1) is 0 Å². The topological polar surface area (TPSA) is 80.0 Å². The molecule has 1 amide bonds. The summed E-state index contributed by atoms with van der Waals surface area (Å²) in [4.78, 5) is 15.3. The lowest BCUT2D eigenvalue weighted by Gasteiger charge is -2.04. The zero-order chi connectivity index (χ0) is 11.8. The van der Waals surface area contributed by atoms with Crippen molar-refractivity contribution in [2.24, 2.45) is 0 Å². The predicted octanol–water partition coefficient (Wildman–Crippen LogP) is 0.0363. The van der Waals surface area contributed by atoms with Crippen molar-refractivity contribution in [1.29, 1.82) is 0 Å². The number of carbonyl (C=O) groups excluding carboxylic acids is 1. The lowest BCUT2D eigenvalue weighted by atomic mass is 10.4. The number of aryl methyl sites for hydroxylation is 1. The van der Waals surface area contributed by atoms with E-state index in [1.54, 1.807) is 6.92 Å². The Morgan fingerprint density at radius 3 is 2.88 bits per heavy atom. The monoisotopic (exact) mass is 226 g/mol. The minimum atomic E-state index is -0.00586. The van der Waals surface area contributed by atoms with Crippen molar-refractivity contribution in [2.75, 3.05) is 19.6 Å². The largest absolute Gasteiger partial charge is 0.355 e. The van der Waals surface area contributed by atoms with Gasteiger partial charge in [-0.05, 0) is 13.0 Å². The number of nitrogens with zero attached hydrogens (tertiary/aromatic N) is 2. The van der Waals surface area contributed by atoms with Crippen molar-refractivity contribution >= 4 is 5.91 Å². The van der Waals surface area contributed by atoms with Gasteiger partial charge in [-0.1, -0.05) is 12.1 Å². The lowest BCUT2D eigenvalue weighted by Crippen LogP contribution is -2.35. The maximum atomic E-state index is 11.3. The maximum absolute atomic E-state index is 11.3. The SMILES string of the molecule is CCCNCC(=O)NCCc1noc(C)n1. The third-order valence-corrected chi connectivity index (χ3v) is 1.95. The van der Waals surface area contributed by atoms with Crippen LogP contribution in [0.5, 0.6) is 0 Å². The third kappa shape index (κ3) is 4.88. The van der Waals surface area contributed by atoms with Crippen LogP contribution in [0, 0.1) is 6.92 Å². The van der Waals surface area contributed by atoms with Gasteiger partial charge >= 0.3 is 0 Å². The Morgan fingerprint density at radius 1 is 1.44 bits per heavy atom. The van der Waals surface area contributed by atoms with Gasteiger partial charge in [0.1, 0.15) is 0 Å². The molecule has 0 atom stereocenters. The normalized spacial score (nSPS) is 10.4. The van der Waals surface area contributed by atoms with Crippen LogP contribution in [0.3, 0.4) is 0 Å². The van der Waals surface area contributed by atoms with E-state index in [9.17, 15) is 4.79 Å². The van der Waals surface area contributed by atoms with Crippen LogP contribution in [0.25, 0.3) is 0 Å². The summed E-state index contributed by atoms with van der Waals surface area (Å²) < 4.78 is 4.82. The Morgan fingerprint density at radius 2 is 2.25 bits per heavy atom. The number of amides is 1. The van der Waals surface area contributed by atoms with Gasteiger partial charge in [0.25, 0.3) is 0 Å². The minimum Gasteiger partial charge on any atom is -0.355 e. The summed E-state index contributed by atoms with van der Waals surface area (Å²) in [7, 11) is 0. The van der Waals surface area contributed by atoms with Crippen LogP contribution < -0.4 is 10.6 Å². The highest BCUT2D eigenvalue weighted by atomic mass is 16.5. The van der Waals surface area contributed by atoms with Crippen LogP contribution in [-0.2, 0) is 11.2 Å². The van der Waals surface area contributed by atoms with Gasteiger partial charge in [0.15, 0.2) is 5.82 Å². The molecule has 1 aromatic rings. The summed E-state index contributed by atoms with van der Waals surface area (Å²) >= 11 is 0. The Hall–Kier alpha value is -1.43. The van der Waals surface area contributed by atoms with Gasteiger partial charge in [-0.25, -0.2) is 0 Å². The number of aromatic nitrogens is 2. The highest BCUT2D eigenvalue weighted by molar-refractivity contribution is 5.77. The van der Waals surface area contributed by atoms with E-state index >= 15 is 0 Å². The number of rotatable bonds is 7. The smallest absolute Gasteiger partial charge is 0.233 e. The average molecular weight is 226 g/mol. The highest BCUT2D eigenvalue weighted by Crippen LogP contribution is 1.94. The molecule has 90 valence electrons. The van der Waals surface area contributed by atoms with Crippen LogP contribution in [0.1, 0.15) is 25.1 Å². The molecule has 0 aromatic carbocycles. The zero-order valence-corrected chi connectivity index (χ0v) is 9.75. The fraction of sp³-hybridized carbons (Fsp3) is 0.700. The summed E-state index contributed by atoms with van der Waals surface area (Å²) in [6.07, 6.45) is 1.62. The predicted molar refractivity (Wildman–Crippen MR) is 58.9 cm³/mol. The average Bonchev–Trinajstić information content (AvgIpc) is 2.65. The summed E-state index contributed by atoms with van der Waals surface area (Å²) in [5.74, 6) is 1.17. The van der Waals surface area contributed by atoms with Crippen molar-refractivity contribution < 1.29 is 9.32 Å². The second kappa shape index (κ2) is 6.95. The first-order valence-electron chi connectivity index (χ1n) is 5.49. The number of hydrogen-bond acceptors (Lipinski definition) is 5. The Bertz CT molecular complexity index is 324. The summed E-state index contributed by atoms with van der Waals surface area (Å²) in [5.41, 5.74) is 0. The van der Waals surface area contributed by atoms with Crippen LogP contribution in [0.4, 0.5) is 0 Å². The van der Waals surface area contributed by atoms with Crippen molar-refractivity contribution in [3.05, 3.63) is 11.7 Å². The summed E-state index contributed by atoms with van der Waals surface area (Å²) in [6.45, 7) is 5.55. The molecule has 0 radical (unpaired) electrons. The van der Waals surface area contributed by atoms with Gasteiger partial charge in [-0.3, -0.25) is 4.79 Å². The molecular formula is C10H18N4O2. The van der Waals surface area contributed by atoms with Crippen LogP contribution in [0.2, 0.25) is 0 Å². The van der Waals surface area contributed by atoms with Crippen molar-refractivity contribution in [3.8, 4) is 0 Å². The fourth-order valence-electron chi connectivity index (χ4n) is 1.20. The van der Waals surface area contributed by atoms with Gasteiger partial charge < -0.3 is 15.2 Å². The highest BCUT2D eigenvalue weighted by Gasteiger charge is 2.03. The number of nitrogens with one attached hydrogen (secondary N) is 2. The molecular weight excluding hydrogens is 208 g/mol. The molecule has 0 aliphatic heterocycles. The summed E-state index contributed by atoms with van der Waals surface area (Å²) in [5, 5.41) is 9.54. The van der Waals surface area contributed by atoms with Crippen LogP contribution in [0.15, 0.2) is 4.52 Å². The maximum Gasteiger partial charge on any atom is 0.233 e. The second-order valence-electron chi connectivity index (χ2n) is 3.51. The first kappa shape index (κ1) is 12.6. The van der Waals surface area contributed by atoms with E-state index in [1.807, 2.05) is 0 Å². The van der Waals surface area contributed by atoms with Crippen molar-refractivity contribution in [3.63, 3.8) is 0 Å². The molecule has 0 aliphatic rings. The van der Waals surface area contributed by atoms with Gasteiger partial charge in [0.05, 0.1) is 6.54 Å². The molecule has 0 saturated carbocycles. The molecule has 1 heterocycles. The molecule has 0 spiro atoms. The molecule has 0 bridgehead atoms. The zero-order valence-electron chi connectivity index (χ0n) is 9.75. The Balaban J connectivity index is 2.08. The minimum absolute atomic E-state index is 0.00586. The molecule has 6 heteroatoms. The standard InChI is InChI=1S/C10H18N4O2/c1-3-5-11-7-10(15)12-6-4-9-13-8(2)16-14-9/h11H,3-7H2,1-2H3,(H,12,15). The van der Waals surface area contributed by atoms with E-state index in [-0.39, 0.29) is 5.91 Å². The van der Waals surface area contributed by atoms with E-state index in [4.69, 9.17) is 4.52 Å². The molecule has 1 aromatic heterocycles. The van der Waals surface area contributed by atoms with Gasteiger partial charge in [0.2, 0.25) is 11.8 Å². The molecule has 0 fully saturated rings. The fourth-order valence-corrected chi connectivity index (χ4v) is 1.20. The first-order chi connectivity index (χ1) is 7.72. The quantitative estimate of drug-likeness (QED) is 0.641. The van der Waals surface area contributed by atoms with Crippen molar-refractivity contribution in [2.45, 2.75) is 26.7 Å². The van der Waals surface area contributed by atoms with E-state index in [0.29, 0.717) is 31.2 Å². The Kier molecular flexibility index (Phi) is 5.49. The molecule has 1 rings (SSSR count). The lowest BCUT2D eigenvalue weighted by molar-refractivity contribution is -0.120. The Labute approximate surface area is 94.8 Å². The molecule has 0 aliphatic carbocycles. The van der Waals surface area contributed by atoms with Crippen LogP contribution >= 0.6 is 0 Å². The van der Waals surface area contributed by atoms with Gasteiger partial charge in [-0.2, -0.15) is 4.98 Å². The van der Waals surface area contributed by atoms with Crippen LogP contribution in [-0.4, -0.2) is 35.7 Å². The molecule has 0 saturated heterocycles. The molecule has 6 nitrogen and oxygen atoms in total. The number of carbonyl (C=O) groups is 1. The van der Waals surface area contributed by atoms with E-state index in [2.05, 4.69) is 27.7 Å². The van der Waals surface area contributed by atoms with E-state index in [0.717, 1.165) is 13.0 Å². The van der Waals surface area contributed by atoms with E-state index < -0.39 is 0 Å². The summed E-state index contributed by atoms with van der Waals surface area (Å²) in [6, 6.07) is 0. The van der Waals surface area contributed by atoms with E-state index in [1.165, 1.54) is 0 Å². The molecule has 0 unspecified atom stereocenters.